The Labute approximate surface area is 159 Å². The van der Waals surface area contributed by atoms with Gasteiger partial charge in [0.15, 0.2) is 0 Å². The Morgan fingerprint density at radius 2 is 2.04 bits per heavy atom. The average molecular weight is 384 g/mol. The van der Waals surface area contributed by atoms with Gasteiger partial charge in [-0.3, -0.25) is 9.59 Å². The van der Waals surface area contributed by atoms with Crippen LogP contribution < -0.4 is 10.6 Å². The Morgan fingerprint density at radius 1 is 1.28 bits per heavy atom. The molecule has 1 aromatic rings. The summed E-state index contributed by atoms with van der Waals surface area (Å²) >= 11 is 1.88. The minimum atomic E-state index is 0. The first-order valence-electron chi connectivity index (χ1n) is 8.65. The van der Waals surface area contributed by atoms with Gasteiger partial charge in [-0.2, -0.15) is 11.8 Å². The highest BCUT2D eigenvalue weighted by molar-refractivity contribution is 7.99. The molecule has 2 saturated heterocycles. The summed E-state index contributed by atoms with van der Waals surface area (Å²) in [5.74, 6) is 2.15. The van der Waals surface area contributed by atoms with Crippen LogP contribution in [-0.2, 0) is 4.79 Å². The highest BCUT2D eigenvalue weighted by Crippen LogP contribution is 2.20. The molecule has 0 unspecified atom stereocenters. The van der Waals surface area contributed by atoms with Crippen LogP contribution >= 0.6 is 24.2 Å². The van der Waals surface area contributed by atoms with Crippen molar-refractivity contribution in [3.63, 3.8) is 0 Å². The predicted molar refractivity (Wildman–Crippen MR) is 106 cm³/mol. The van der Waals surface area contributed by atoms with Crippen LogP contribution in [0.2, 0.25) is 0 Å². The van der Waals surface area contributed by atoms with Gasteiger partial charge < -0.3 is 15.5 Å². The smallest absolute Gasteiger partial charge is 0.253 e. The lowest BCUT2D eigenvalue weighted by Crippen LogP contribution is -2.40. The molecule has 138 valence electrons. The molecule has 0 aliphatic carbocycles. The number of hydrogen-bond acceptors (Lipinski definition) is 4. The van der Waals surface area contributed by atoms with Crippen molar-refractivity contribution in [1.29, 1.82) is 0 Å². The summed E-state index contributed by atoms with van der Waals surface area (Å²) in [4.78, 5) is 26.9. The number of amides is 2. The van der Waals surface area contributed by atoms with Crippen molar-refractivity contribution < 1.29 is 9.59 Å². The molecule has 25 heavy (non-hydrogen) atoms. The second kappa shape index (κ2) is 9.46. The number of benzene rings is 1. The first kappa shape index (κ1) is 20.1. The first-order valence-corrected chi connectivity index (χ1v) is 9.80. The number of halogens is 1. The van der Waals surface area contributed by atoms with E-state index in [1.54, 1.807) is 6.07 Å². The molecule has 0 bridgehead atoms. The lowest BCUT2D eigenvalue weighted by atomic mass is 9.92. The minimum absolute atomic E-state index is 0. The number of rotatable bonds is 3. The van der Waals surface area contributed by atoms with E-state index in [2.05, 4.69) is 17.6 Å². The Balaban J connectivity index is 0.00000225. The molecule has 7 heteroatoms. The number of nitrogens with zero attached hydrogens (tertiary/aromatic N) is 1. The third kappa shape index (κ3) is 5.36. The van der Waals surface area contributed by atoms with E-state index in [4.69, 9.17) is 0 Å². The highest BCUT2D eigenvalue weighted by Gasteiger charge is 2.25. The third-order valence-electron chi connectivity index (χ3n) is 4.67. The lowest BCUT2D eigenvalue weighted by molar-refractivity contribution is -0.120. The number of anilines is 1. The molecular formula is C18H26ClN3O2S. The predicted octanol–water partition coefficient (Wildman–Crippen LogP) is 2.62. The molecule has 2 N–H and O–H groups in total. The number of thioether (sulfide) groups is 1. The number of piperidine rings is 1. The van der Waals surface area contributed by atoms with Gasteiger partial charge in [-0.1, -0.05) is 6.07 Å². The fourth-order valence-corrected chi connectivity index (χ4v) is 4.20. The summed E-state index contributed by atoms with van der Waals surface area (Å²) in [5.41, 5.74) is 1.36. The van der Waals surface area contributed by atoms with Gasteiger partial charge in [-0.15, -0.1) is 12.4 Å². The van der Waals surface area contributed by atoms with Crippen molar-refractivity contribution in [2.24, 2.45) is 5.92 Å². The van der Waals surface area contributed by atoms with E-state index in [-0.39, 0.29) is 30.1 Å². The van der Waals surface area contributed by atoms with Crippen LogP contribution in [0.5, 0.6) is 0 Å². The van der Waals surface area contributed by atoms with Crippen LogP contribution in [0.25, 0.3) is 0 Å². The van der Waals surface area contributed by atoms with Gasteiger partial charge in [0, 0.05) is 47.8 Å². The highest BCUT2D eigenvalue weighted by atomic mass is 35.5. The van der Waals surface area contributed by atoms with Gasteiger partial charge >= 0.3 is 0 Å². The summed E-state index contributed by atoms with van der Waals surface area (Å²) < 4.78 is 0. The molecule has 2 aliphatic heterocycles. The maximum atomic E-state index is 12.6. The van der Waals surface area contributed by atoms with Gasteiger partial charge in [-0.25, -0.2) is 0 Å². The number of nitrogens with one attached hydrogen (secondary N) is 2. The molecule has 0 aromatic heterocycles. The number of carbonyl (C=O) groups excluding carboxylic acids is 2. The van der Waals surface area contributed by atoms with E-state index < -0.39 is 0 Å². The SMILES string of the molecule is C[C@H]1C[C@@H](C(=O)Nc2cccc(C(=O)N3CCSCC3)c2)CCN1.Cl. The minimum Gasteiger partial charge on any atom is -0.337 e. The number of carbonyl (C=O) groups is 2. The monoisotopic (exact) mass is 383 g/mol. The van der Waals surface area contributed by atoms with E-state index in [9.17, 15) is 9.59 Å². The maximum Gasteiger partial charge on any atom is 0.253 e. The summed E-state index contributed by atoms with van der Waals surface area (Å²) in [6, 6.07) is 7.69. The third-order valence-corrected chi connectivity index (χ3v) is 5.61. The van der Waals surface area contributed by atoms with Crippen LogP contribution in [-0.4, -0.2) is 53.9 Å². The summed E-state index contributed by atoms with van der Waals surface area (Å²) in [7, 11) is 0. The molecule has 0 saturated carbocycles. The van der Waals surface area contributed by atoms with E-state index >= 15 is 0 Å². The molecular weight excluding hydrogens is 358 g/mol. The molecule has 2 heterocycles. The zero-order chi connectivity index (χ0) is 16.9. The van der Waals surface area contributed by atoms with Crippen molar-refractivity contribution in [2.45, 2.75) is 25.8 Å². The first-order chi connectivity index (χ1) is 11.6. The van der Waals surface area contributed by atoms with E-state index in [1.165, 1.54) is 0 Å². The van der Waals surface area contributed by atoms with Crippen molar-refractivity contribution in [1.82, 2.24) is 10.2 Å². The normalized spacial score (nSPS) is 23.5. The van der Waals surface area contributed by atoms with Crippen LogP contribution in [0.4, 0.5) is 5.69 Å². The molecule has 1 aromatic carbocycles. The second-order valence-electron chi connectivity index (χ2n) is 6.55. The van der Waals surface area contributed by atoms with Crippen molar-refractivity contribution in [3.8, 4) is 0 Å². The zero-order valence-corrected chi connectivity index (χ0v) is 16.1. The maximum absolute atomic E-state index is 12.6. The van der Waals surface area contributed by atoms with Crippen LogP contribution in [0.15, 0.2) is 24.3 Å². The standard InChI is InChI=1S/C18H25N3O2S.ClH/c1-13-11-14(5-6-19-13)17(22)20-16-4-2-3-15(12-16)18(23)21-7-9-24-10-8-21;/h2-4,12-14,19H,5-11H2,1H3,(H,20,22);1H/t13-,14-;/m0./s1. The summed E-state index contributed by atoms with van der Waals surface area (Å²) in [5, 5.41) is 6.35. The molecule has 0 spiro atoms. The molecule has 3 rings (SSSR count). The van der Waals surface area contributed by atoms with Gasteiger partial charge in [0.1, 0.15) is 0 Å². The van der Waals surface area contributed by atoms with Gasteiger partial charge in [0.2, 0.25) is 5.91 Å². The van der Waals surface area contributed by atoms with Gasteiger partial charge in [0.25, 0.3) is 5.91 Å². The van der Waals surface area contributed by atoms with E-state index in [0.29, 0.717) is 17.3 Å². The largest absolute Gasteiger partial charge is 0.337 e. The Morgan fingerprint density at radius 3 is 2.76 bits per heavy atom. The van der Waals surface area contributed by atoms with Crippen LogP contribution in [0.3, 0.4) is 0 Å². The summed E-state index contributed by atoms with van der Waals surface area (Å²) in [6.45, 7) is 4.58. The fraction of sp³-hybridized carbons (Fsp3) is 0.556. The van der Waals surface area contributed by atoms with E-state index in [0.717, 1.165) is 44.0 Å². The Hall–Kier alpha value is -1.24. The zero-order valence-electron chi connectivity index (χ0n) is 14.5. The second-order valence-corrected chi connectivity index (χ2v) is 7.78. The fourth-order valence-electron chi connectivity index (χ4n) is 3.29. The topological polar surface area (TPSA) is 61.4 Å². The van der Waals surface area contributed by atoms with Gasteiger partial charge in [-0.05, 0) is 44.5 Å². The quantitative estimate of drug-likeness (QED) is 0.842. The van der Waals surface area contributed by atoms with Crippen molar-refractivity contribution in [2.75, 3.05) is 36.5 Å². The van der Waals surface area contributed by atoms with Crippen molar-refractivity contribution in [3.05, 3.63) is 29.8 Å². The lowest BCUT2D eigenvalue weighted by Gasteiger charge is -2.27. The van der Waals surface area contributed by atoms with E-state index in [1.807, 2.05) is 34.9 Å². The molecule has 5 nitrogen and oxygen atoms in total. The number of hydrogen-bond donors (Lipinski definition) is 2. The molecule has 0 radical (unpaired) electrons. The molecule has 2 atom stereocenters. The average Bonchev–Trinajstić information content (AvgIpc) is 2.62. The molecule has 2 aliphatic rings. The molecule has 2 amide bonds. The Kier molecular flexibility index (Phi) is 7.59. The summed E-state index contributed by atoms with van der Waals surface area (Å²) in [6.07, 6.45) is 1.72. The van der Waals surface area contributed by atoms with Gasteiger partial charge in [0.05, 0.1) is 0 Å². The Bertz CT molecular complexity index is 608. The van der Waals surface area contributed by atoms with Crippen LogP contribution in [0, 0.1) is 5.92 Å². The molecule has 2 fully saturated rings. The van der Waals surface area contributed by atoms with Crippen LogP contribution in [0.1, 0.15) is 30.1 Å². The van der Waals surface area contributed by atoms with Crippen molar-refractivity contribution >= 4 is 41.7 Å².